The molecule has 1 atom stereocenters. The Kier molecular flexibility index (Phi) is 3.79. The molecule has 2 heterocycles. The van der Waals surface area contributed by atoms with Gasteiger partial charge >= 0.3 is 0 Å². The first-order valence-corrected chi connectivity index (χ1v) is 6.26. The SMILES string of the molecule is CC(C)Cn1ncnc1CC1(O)CCCOC1. The van der Waals surface area contributed by atoms with Crippen LogP contribution in [0.2, 0.25) is 0 Å². The van der Waals surface area contributed by atoms with Gasteiger partial charge in [0.15, 0.2) is 0 Å². The molecule has 1 aliphatic rings. The number of hydrogen-bond donors (Lipinski definition) is 1. The monoisotopic (exact) mass is 239 g/mol. The molecule has 0 aliphatic carbocycles. The maximum Gasteiger partial charge on any atom is 0.138 e. The maximum atomic E-state index is 10.4. The Labute approximate surface area is 102 Å². The van der Waals surface area contributed by atoms with Gasteiger partial charge in [-0.1, -0.05) is 13.8 Å². The molecule has 0 spiro atoms. The van der Waals surface area contributed by atoms with E-state index in [0.717, 1.165) is 31.8 Å². The minimum Gasteiger partial charge on any atom is -0.387 e. The Hall–Kier alpha value is -0.940. The Bertz CT molecular complexity index is 356. The van der Waals surface area contributed by atoms with E-state index in [-0.39, 0.29) is 0 Å². The molecule has 0 radical (unpaired) electrons. The summed E-state index contributed by atoms with van der Waals surface area (Å²) in [6.07, 6.45) is 3.78. The molecule has 5 heteroatoms. The summed E-state index contributed by atoms with van der Waals surface area (Å²) in [6.45, 7) is 6.28. The molecule has 1 aromatic rings. The summed E-state index contributed by atoms with van der Waals surface area (Å²) in [6, 6.07) is 0. The average molecular weight is 239 g/mol. The van der Waals surface area contributed by atoms with Crippen LogP contribution in [0.5, 0.6) is 0 Å². The Morgan fingerprint density at radius 2 is 2.41 bits per heavy atom. The van der Waals surface area contributed by atoms with Crippen molar-refractivity contribution in [1.29, 1.82) is 0 Å². The van der Waals surface area contributed by atoms with E-state index < -0.39 is 5.60 Å². The Morgan fingerprint density at radius 3 is 3.06 bits per heavy atom. The van der Waals surface area contributed by atoms with E-state index in [1.807, 2.05) is 4.68 Å². The molecule has 0 saturated carbocycles. The molecule has 1 unspecified atom stereocenters. The Balaban J connectivity index is 2.04. The van der Waals surface area contributed by atoms with Gasteiger partial charge in [0.25, 0.3) is 0 Å². The van der Waals surface area contributed by atoms with Crippen LogP contribution in [0.15, 0.2) is 6.33 Å². The third kappa shape index (κ3) is 3.26. The molecule has 1 N–H and O–H groups in total. The molecule has 1 aromatic heterocycles. The molecule has 5 nitrogen and oxygen atoms in total. The summed E-state index contributed by atoms with van der Waals surface area (Å²) >= 11 is 0. The highest BCUT2D eigenvalue weighted by atomic mass is 16.5. The summed E-state index contributed by atoms with van der Waals surface area (Å²) in [4.78, 5) is 4.24. The van der Waals surface area contributed by atoms with Gasteiger partial charge < -0.3 is 9.84 Å². The number of hydrogen-bond acceptors (Lipinski definition) is 4. The van der Waals surface area contributed by atoms with Gasteiger partial charge in [-0.3, -0.25) is 0 Å². The van der Waals surface area contributed by atoms with Crippen molar-refractivity contribution in [1.82, 2.24) is 14.8 Å². The second kappa shape index (κ2) is 5.14. The zero-order chi connectivity index (χ0) is 12.3. The van der Waals surface area contributed by atoms with Gasteiger partial charge in [0.1, 0.15) is 12.2 Å². The van der Waals surface area contributed by atoms with E-state index in [1.165, 1.54) is 0 Å². The minimum atomic E-state index is -0.764. The van der Waals surface area contributed by atoms with Crippen molar-refractivity contribution < 1.29 is 9.84 Å². The fourth-order valence-electron chi connectivity index (χ4n) is 2.19. The molecule has 1 fully saturated rings. The highest BCUT2D eigenvalue weighted by molar-refractivity contribution is 4.96. The summed E-state index contributed by atoms with van der Waals surface area (Å²) in [5.74, 6) is 1.37. The van der Waals surface area contributed by atoms with Crippen LogP contribution < -0.4 is 0 Å². The number of rotatable bonds is 4. The maximum absolute atomic E-state index is 10.4. The Morgan fingerprint density at radius 1 is 1.59 bits per heavy atom. The van der Waals surface area contributed by atoms with Crippen LogP contribution in [0.3, 0.4) is 0 Å². The molecule has 0 aromatic carbocycles. The highest BCUT2D eigenvalue weighted by Gasteiger charge is 2.32. The topological polar surface area (TPSA) is 60.2 Å². The lowest BCUT2D eigenvalue weighted by atomic mass is 9.92. The smallest absolute Gasteiger partial charge is 0.138 e. The van der Waals surface area contributed by atoms with Crippen LogP contribution in [-0.4, -0.2) is 38.7 Å². The van der Waals surface area contributed by atoms with Crippen LogP contribution in [0, 0.1) is 5.92 Å². The number of ether oxygens (including phenoxy) is 1. The lowest BCUT2D eigenvalue weighted by Gasteiger charge is -2.31. The van der Waals surface area contributed by atoms with Crippen molar-refractivity contribution in [2.24, 2.45) is 5.92 Å². The molecule has 96 valence electrons. The number of aliphatic hydroxyl groups is 1. The molecular formula is C12H21N3O2. The third-order valence-corrected chi connectivity index (χ3v) is 3.02. The van der Waals surface area contributed by atoms with Gasteiger partial charge in [-0.05, 0) is 18.8 Å². The fourth-order valence-corrected chi connectivity index (χ4v) is 2.19. The van der Waals surface area contributed by atoms with E-state index in [4.69, 9.17) is 4.74 Å². The average Bonchev–Trinajstić information content (AvgIpc) is 2.65. The molecule has 17 heavy (non-hydrogen) atoms. The van der Waals surface area contributed by atoms with Gasteiger partial charge in [0.05, 0.1) is 12.2 Å². The van der Waals surface area contributed by atoms with E-state index in [2.05, 4.69) is 23.9 Å². The summed E-state index contributed by atoms with van der Waals surface area (Å²) in [5.41, 5.74) is -0.764. The van der Waals surface area contributed by atoms with Gasteiger partial charge in [0, 0.05) is 19.6 Å². The molecule has 2 rings (SSSR count). The van der Waals surface area contributed by atoms with Crippen molar-refractivity contribution in [3.63, 3.8) is 0 Å². The second-order valence-corrected chi connectivity index (χ2v) is 5.31. The standard InChI is InChI=1S/C12H21N3O2/c1-10(2)7-15-11(13-9-14-15)6-12(16)4-3-5-17-8-12/h9-10,16H,3-8H2,1-2H3. The minimum absolute atomic E-state index is 0.404. The summed E-state index contributed by atoms with van der Waals surface area (Å²) in [5, 5.41) is 14.6. The number of nitrogens with zero attached hydrogens (tertiary/aromatic N) is 3. The van der Waals surface area contributed by atoms with Crippen LogP contribution in [0.1, 0.15) is 32.5 Å². The predicted molar refractivity (Wildman–Crippen MR) is 63.6 cm³/mol. The quantitative estimate of drug-likeness (QED) is 0.852. The lowest BCUT2D eigenvalue weighted by Crippen LogP contribution is -2.41. The van der Waals surface area contributed by atoms with Crippen molar-refractivity contribution in [3.05, 3.63) is 12.2 Å². The first-order chi connectivity index (χ1) is 8.09. The molecule has 0 amide bonds. The van der Waals surface area contributed by atoms with Crippen LogP contribution in [0.25, 0.3) is 0 Å². The van der Waals surface area contributed by atoms with Crippen molar-refractivity contribution in [2.75, 3.05) is 13.2 Å². The van der Waals surface area contributed by atoms with Gasteiger partial charge in [-0.2, -0.15) is 5.10 Å². The molecule has 0 bridgehead atoms. The first-order valence-electron chi connectivity index (χ1n) is 6.26. The second-order valence-electron chi connectivity index (χ2n) is 5.31. The van der Waals surface area contributed by atoms with Gasteiger partial charge in [0.2, 0.25) is 0 Å². The summed E-state index contributed by atoms with van der Waals surface area (Å²) < 4.78 is 7.23. The van der Waals surface area contributed by atoms with Crippen molar-refractivity contribution in [2.45, 2.75) is 45.3 Å². The normalized spacial score (nSPS) is 25.4. The van der Waals surface area contributed by atoms with E-state index in [9.17, 15) is 5.11 Å². The number of aromatic nitrogens is 3. The van der Waals surface area contributed by atoms with Crippen LogP contribution >= 0.6 is 0 Å². The zero-order valence-electron chi connectivity index (χ0n) is 10.6. The molecular weight excluding hydrogens is 218 g/mol. The lowest BCUT2D eigenvalue weighted by molar-refractivity contribution is -0.0859. The summed E-state index contributed by atoms with van der Waals surface area (Å²) in [7, 11) is 0. The zero-order valence-corrected chi connectivity index (χ0v) is 10.6. The third-order valence-electron chi connectivity index (χ3n) is 3.02. The largest absolute Gasteiger partial charge is 0.387 e. The van der Waals surface area contributed by atoms with Crippen LogP contribution in [-0.2, 0) is 17.7 Å². The fraction of sp³-hybridized carbons (Fsp3) is 0.833. The van der Waals surface area contributed by atoms with E-state index in [0.29, 0.717) is 18.9 Å². The molecule has 1 aliphatic heterocycles. The van der Waals surface area contributed by atoms with E-state index >= 15 is 0 Å². The van der Waals surface area contributed by atoms with Crippen molar-refractivity contribution in [3.8, 4) is 0 Å². The predicted octanol–water partition coefficient (Wildman–Crippen LogP) is 1.02. The highest BCUT2D eigenvalue weighted by Crippen LogP contribution is 2.22. The van der Waals surface area contributed by atoms with Gasteiger partial charge in [-0.15, -0.1) is 0 Å². The van der Waals surface area contributed by atoms with Crippen LogP contribution in [0.4, 0.5) is 0 Å². The first kappa shape index (κ1) is 12.5. The van der Waals surface area contributed by atoms with Crippen molar-refractivity contribution >= 4 is 0 Å². The molecule has 1 saturated heterocycles. The van der Waals surface area contributed by atoms with E-state index in [1.54, 1.807) is 6.33 Å². The van der Waals surface area contributed by atoms with Gasteiger partial charge in [-0.25, -0.2) is 9.67 Å².